The maximum Gasteiger partial charge on any atom is 0.331 e. The number of carboxylic acid groups (broad SMARTS) is 2. The van der Waals surface area contributed by atoms with Gasteiger partial charge in [0.2, 0.25) is 0 Å². The van der Waals surface area contributed by atoms with Crippen LogP contribution in [0.5, 0.6) is 0 Å². The number of carboxylic acids is 2. The van der Waals surface area contributed by atoms with Crippen LogP contribution in [0.4, 0.5) is 0 Å². The van der Waals surface area contributed by atoms with Crippen LogP contribution in [0.25, 0.3) is 0 Å². The van der Waals surface area contributed by atoms with Gasteiger partial charge in [-0.2, -0.15) is 0 Å². The van der Waals surface area contributed by atoms with Crippen LogP contribution in [0.15, 0.2) is 24.3 Å². The van der Waals surface area contributed by atoms with Crippen molar-refractivity contribution in [1.82, 2.24) is 0 Å². The highest BCUT2D eigenvalue weighted by atomic mass is 16.6. The van der Waals surface area contributed by atoms with Crippen molar-refractivity contribution in [2.75, 3.05) is 13.2 Å². The number of aliphatic hydroxyl groups is 1. The van der Waals surface area contributed by atoms with Crippen LogP contribution in [-0.4, -0.2) is 58.5 Å². The Kier molecular flexibility index (Phi) is 8.03. The van der Waals surface area contributed by atoms with E-state index in [1.54, 1.807) is 0 Å². The van der Waals surface area contributed by atoms with E-state index in [1.807, 2.05) is 0 Å². The fourth-order valence-electron chi connectivity index (χ4n) is 0.829. The quantitative estimate of drug-likeness (QED) is 0.366. The molecule has 0 aromatic carbocycles. The average Bonchev–Trinajstić information content (AvgIpc) is 2.38. The zero-order valence-electron chi connectivity index (χ0n) is 10.1. The molecule has 0 heterocycles. The van der Waals surface area contributed by atoms with Crippen LogP contribution in [0.1, 0.15) is 0 Å². The summed E-state index contributed by atoms with van der Waals surface area (Å²) in [7, 11) is 0. The molecule has 20 heavy (non-hydrogen) atoms. The van der Waals surface area contributed by atoms with Gasteiger partial charge in [-0.25, -0.2) is 19.2 Å². The lowest BCUT2D eigenvalue weighted by Crippen LogP contribution is -2.27. The van der Waals surface area contributed by atoms with Gasteiger partial charge in [0.1, 0.15) is 6.61 Å². The number of ether oxygens (including phenoxy) is 2. The van der Waals surface area contributed by atoms with E-state index in [-0.39, 0.29) is 0 Å². The summed E-state index contributed by atoms with van der Waals surface area (Å²) in [6, 6.07) is 0. The van der Waals surface area contributed by atoms with Crippen molar-refractivity contribution in [2.45, 2.75) is 6.10 Å². The molecule has 110 valence electrons. The molecule has 0 saturated carbocycles. The second kappa shape index (κ2) is 9.28. The summed E-state index contributed by atoms with van der Waals surface area (Å²) in [4.78, 5) is 42.3. The number of esters is 2. The molecule has 9 nitrogen and oxygen atoms in total. The van der Waals surface area contributed by atoms with Crippen LogP contribution < -0.4 is 0 Å². The maximum absolute atomic E-state index is 11.1. The SMILES string of the molecule is O=C(O)C=CC(=O)OCC(CO)OC(=O)C=CC(=O)O. The Hall–Kier alpha value is -2.68. The largest absolute Gasteiger partial charge is 0.478 e. The second-order valence-corrected chi connectivity index (χ2v) is 3.21. The molecule has 9 heteroatoms. The molecule has 0 aliphatic rings. The number of aliphatic carboxylic acids is 2. The number of hydrogen-bond acceptors (Lipinski definition) is 7. The molecule has 1 unspecified atom stereocenters. The summed E-state index contributed by atoms with van der Waals surface area (Å²) >= 11 is 0. The lowest BCUT2D eigenvalue weighted by molar-refractivity contribution is -0.155. The minimum Gasteiger partial charge on any atom is -0.478 e. The zero-order chi connectivity index (χ0) is 15.5. The van der Waals surface area contributed by atoms with Crippen molar-refractivity contribution in [2.24, 2.45) is 0 Å². The number of aliphatic hydroxyl groups excluding tert-OH is 1. The molecular weight excluding hydrogens is 276 g/mol. The molecule has 0 radical (unpaired) electrons. The predicted octanol–water partition coefficient (Wildman–Crippen LogP) is -1.28. The molecule has 0 aromatic heterocycles. The molecule has 0 aliphatic carbocycles. The lowest BCUT2D eigenvalue weighted by Gasteiger charge is -2.13. The summed E-state index contributed by atoms with van der Waals surface area (Å²) < 4.78 is 9.07. The summed E-state index contributed by atoms with van der Waals surface area (Å²) in [6.07, 6.45) is 1.17. The summed E-state index contributed by atoms with van der Waals surface area (Å²) in [5, 5.41) is 25.4. The van der Waals surface area contributed by atoms with Crippen molar-refractivity contribution in [3.05, 3.63) is 24.3 Å². The van der Waals surface area contributed by atoms with E-state index in [1.165, 1.54) is 0 Å². The number of carbonyl (C=O) groups excluding carboxylic acids is 2. The zero-order valence-corrected chi connectivity index (χ0v) is 10.1. The van der Waals surface area contributed by atoms with Gasteiger partial charge in [-0.15, -0.1) is 0 Å². The molecule has 0 aromatic rings. The van der Waals surface area contributed by atoms with E-state index in [0.717, 1.165) is 0 Å². The molecule has 0 fully saturated rings. The third-order valence-corrected chi connectivity index (χ3v) is 1.62. The van der Waals surface area contributed by atoms with E-state index in [0.29, 0.717) is 24.3 Å². The molecular formula is C11H12O9. The summed E-state index contributed by atoms with van der Waals surface area (Å²) in [5.41, 5.74) is 0. The maximum atomic E-state index is 11.1. The third kappa shape index (κ3) is 9.36. The van der Waals surface area contributed by atoms with Gasteiger partial charge in [-0.1, -0.05) is 0 Å². The smallest absolute Gasteiger partial charge is 0.331 e. The highest BCUT2D eigenvalue weighted by Gasteiger charge is 2.14. The van der Waals surface area contributed by atoms with Gasteiger partial charge in [0.15, 0.2) is 6.10 Å². The van der Waals surface area contributed by atoms with Crippen LogP contribution in [0, 0.1) is 0 Å². The van der Waals surface area contributed by atoms with Crippen LogP contribution in [0.3, 0.4) is 0 Å². The second-order valence-electron chi connectivity index (χ2n) is 3.21. The van der Waals surface area contributed by atoms with E-state index in [9.17, 15) is 19.2 Å². The summed E-state index contributed by atoms with van der Waals surface area (Å²) in [5.74, 6) is -4.73. The van der Waals surface area contributed by atoms with E-state index >= 15 is 0 Å². The van der Waals surface area contributed by atoms with Gasteiger partial charge >= 0.3 is 23.9 Å². The van der Waals surface area contributed by atoms with Gasteiger partial charge in [-0.3, -0.25) is 0 Å². The average molecular weight is 288 g/mol. The minimum absolute atomic E-state index is 0.508. The van der Waals surface area contributed by atoms with Gasteiger partial charge < -0.3 is 24.8 Å². The van der Waals surface area contributed by atoms with Gasteiger partial charge in [0.25, 0.3) is 0 Å². The summed E-state index contributed by atoms with van der Waals surface area (Å²) in [6.45, 7) is -1.17. The molecule has 0 spiro atoms. The van der Waals surface area contributed by atoms with E-state index < -0.39 is 43.2 Å². The first-order valence-corrected chi connectivity index (χ1v) is 5.15. The topological polar surface area (TPSA) is 147 Å². The Morgan fingerprint density at radius 2 is 1.40 bits per heavy atom. The van der Waals surface area contributed by atoms with E-state index in [2.05, 4.69) is 9.47 Å². The Labute approximate surface area is 112 Å². The van der Waals surface area contributed by atoms with Crippen molar-refractivity contribution in [3.8, 4) is 0 Å². The third-order valence-electron chi connectivity index (χ3n) is 1.62. The van der Waals surface area contributed by atoms with Gasteiger partial charge in [-0.05, 0) is 0 Å². The monoisotopic (exact) mass is 288 g/mol. The minimum atomic E-state index is -1.35. The predicted molar refractivity (Wildman–Crippen MR) is 61.5 cm³/mol. The first-order valence-electron chi connectivity index (χ1n) is 5.15. The molecule has 0 bridgehead atoms. The highest BCUT2D eigenvalue weighted by Crippen LogP contribution is 1.96. The van der Waals surface area contributed by atoms with Crippen molar-refractivity contribution >= 4 is 23.9 Å². The van der Waals surface area contributed by atoms with Crippen LogP contribution >= 0.6 is 0 Å². The molecule has 0 rings (SSSR count). The molecule has 3 N–H and O–H groups in total. The number of hydrogen-bond donors (Lipinski definition) is 3. The van der Waals surface area contributed by atoms with Crippen molar-refractivity contribution < 1.29 is 44.0 Å². The van der Waals surface area contributed by atoms with Crippen molar-refractivity contribution in [1.29, 1.82) is 0 Å². The Bertz CT molecular complexity index is 435. The Morgan fingerprint density at radius 1 is 0.900 bits per heavy atom. The lowest BCUT2D eigenvalue weighted by atomic mass is 10.4. The molecule has 0 saturated heterocycles. The fourth-order valence-corrected chi connectivity index (χ4v) is 0.829. The molecule has 1 atom stereocenters. The van der Waals surface area contributed by atoms with Gasteiger partial charge in [0, 0.05) is 24.3 Å². The standard InChI is InChI=1S/C11H12O9/c12-5-7(20-11(18)4-2-9(15)16)6-19-10(17)3-1-8(13)14/h1-4,7,12H,5-6H2,(H,13,14)(H,15,16). The first-order chi connectivity index (χ1) is 9.35. The Balaban J connectivity index is 4.22. The van der Waals surface area contributed by atoms with Crippen LogP contribution in [0.2, 0.25) is 0 Å². The first kappa shape index (κ1) is 17.3. The highest BCUT2D eigenvalue weighted by molar-refractivity contribution is 5.91. The molecule has 0 aliphatic heterocycles. The van der Waals surface area contributed by atoms with Gasteiger partial charge in [0.05, 0.1) is 6.61 Å². The number of rotatable bonds is 8. The molecule has 0 amide bonds. The fraction of sp³-hybridized carbons (Fsp3) is 0.273. The van der Waals surface area contributed by atoms with Crippen LogP contribution in [-0.2, 0) is 28.7 Å². The normalized spacial score (nSPS) is 12.2. The number of carbonyl (C=O) groups is 4. The van der Waals surface area contributed by atoms with E-state index in [4.69, 9.17) is 15.3 Å². The Morgan fingerprint density at radius 3 is 1.85 bits per heavy atom. The van der Waals surface area contributed by atoms with Crippen molar-refractivity contribution in [3.63, 3.8) is 0 Å².